The minimum absolute atomic E-state index is 0.0828. The molecule has 5 aromatic rings. The number of carbonyl (C=O) groups is 3. The Morgan fingerprint density at radius 1 is 0.929 bits per heavy atom. The Labute approximate surface area is 327 Å². The maximum absolute atomic E-state index is 14.6. The van der Waals surface area contributed by atoms with Crippen LogP contribution in [0.4, 0.5) is 44.8 Å². The van der Waals surface area contributed by atoms with Gasteiger partial charge in [-0.15, -0.1) is 11.3 Å². The summed E-state index contributed by atoms with van der Waals surface area (Å²) in [6.07, 6.45) is 5.03. The number of amides is 2. The molecule has 0 radical (unpaired) electrons. The highest BCUT2D eigenvalue weighted by molar-refractivity contribution is 7.17. The van der Waals surface area contributed by atoms with Crippen LogP contribution in [0.1, 0.15) is 48.8 Å². The number of carbonyl (C=O) groups excluding carboxylic acids is 3. The maximum Gasteiger partial charge on any atom is 0.265 e. The second-order valence-electron chi connectivity index (χ2n) is 13.8. The third-order valence-corrected chi connectivity index (χ3v) is 11.5. The van der Waals surface area contributed by atoms with E-state index in [1.165, 1.54) is 6.07 Å². The zero-order chi connectivity index (χ0) is 39.7. The van der Waals surface area contributed by atoms with Gasteiger partial charge in [0, 0.05) is 79.8 Å². The molecule has 0 unspecified atom stereocenters. The Balaban J connectivity index is 0.000000173. The van der Waals surface area contributed by atoms with Crippen molar-refractivity contribution in [1.82, 2.24) is 4.98 Å². The molecule has 2 aromatic heterocycles. The number of anilines is 4. The second kappa shape index (κ2) is 16.0. The summed E-state index contributed by atoms with van der Waals surface area (Å²) < 4.78 is 75.0. The van der Waals surface area contributed by atoms with E-state index in [0.29, 0.717) is 46.8 Å². The van der Waals surface area contributed by atoms with Gasteiger partial charge in [-0.25, -0.2) is 26.9 Å². The first-order valence-corrected chi connectivity index (χ1v) is 18.7. The van der Waals surface area contributed by atoms with E-state index in [0.717, 1.165) is 74.7 Å². The van der Waals surface area contributed by atoms with E-state index in [2.05, 4.69) is 20.5 Å². The SMILES string of the molecule is CN1CCc2cc(C(=O)Nc3c(F)cc(F)cc3Cl)sc2-c2c1cc(F)c(F)c2F.O=Cc1ccc(NC(=O)c2cccnc2N2CC3(CCOCC3)C2)cc1. The van der Waals surface area contributed by atoms with Gasteiger partial charge in [-0.1, -0.05) is 11.6 Å². The average Bonchev–Trinajstić information content (AvgIpc) is 3.55. The standard InChI is InChI=1S/C20H12ClF5N2OS.C20H21N3O3/c1-28-3-2-8-4-14(20(29)27-18-10(21)5-9(22)6-12(18)24)30-19(8)15-13(28)7-11(23)16(25)17(15)26;24-12-15-3-5-16(6-4-15)22-19(25)17-2-1-9-21-18(17)23-13-20(14-23)7-10-26-11-8-20/h4-7H,2-3H2,1H3,(H,27,29);1-6,9,12H,7-8,10-11,13-14H2,(H,22,25). The summed E-state index contributed by atoms with van der Waals surface area (Å²) in [6.45, 7) is 3.85. The van der Waals surface area contributed by atoms with Gasteiger partial charge in [0.15, 0.2) is 23.3 Å². The minimum Gasteiger partial charge on any atom is -0.381 e. The summed E-state index contributed by atoms with van der Waals surface area (Å²) in [7, 11) is 1.62. The Morgan fingerprint density at radius 3 is 2.36 bits per heavy atom. The van der Waals surface area contributed by atoms with Gasteiger partial charge in [-0.3, -0.25) is 14.4 Å². The van der Waals surface area contributed by atoms with Gasteiger partial charge >= 0.3 is 0 Å². The van der Waals surface area contributed by atoms with Gasteiger partial charge in [-0.05, 0) is 73.4 Å². The zero-order valence-electron chi connectivity index (χ0n) is 29.7. The van der Waals surface area contributed by atoms with Crippen molar-refractivity contribution >= 4 is 63.9 Å². The van der Waals surface area contributed by atoms with Crippen molar-refractivity contribution in [3.05, 3.63) is 123 Å². The number of halogens is 6. The van der Waals surface area contributed by atoms with Crippen molar-refractivity contribution < 1.29 is 41.1 Å². The predicted octanol–water partition coefficient (Wildman–Crippen LogP) is 8.77. The van der Waals surface area contributed by atoms with Gasteiger partial charge in [0.25, 0.3) is 11.8 Å². The van der Waals surface area contributed by atoms with Crippen molar-refractivity contribution in [3.63, 3.8) is 0 Å². The van der Waals surface area contributed by atoms with Gasteiger partial charge < -0.3 is 25.2 Å². The number of thiophene rings is 1. The number of rotatable bonds is 6. The molecule has 3 aliphatic rings. The predicted molar refractivity (Wildman–Crippen MR) is 205 cm³/mol. The molecular weight excluding hydrogens is 777 g/mol. The molecule has 2 amide bonds. The van der Waals surface area contributed by atoms with Crippen LogP contribution in [0.5, 0.6) is 0 Å². The smallest absolute Gasteiger partial charge is 0.265 e. The molecule has 290 valence electrons. The van der Waals surface area contributed by atoms with E-state index in [1.54, 1.807) is 54.5 Å². The van der Waals surface area contributed by atoms with Crippen molar-refractivity contribution in [2.45, 2.75) is 19.3 Å². The second-order valence-corrected chi connectivity index (χ2v) is 15.2. The van der Waals surface area contributed by atoms with Gasteiger partial charge in [0.1, 0.15) is 17.9 Å². The Morgan fingerprint density at radius 2 is 1.66 bits per heavy atom. The summed E-state index contributed by atoms with van der Waals surface area (Å²) in [5, 5.41) is 4.83. The quantitative estimate of drug-likeness (QED) is 0.100. The summed E-state index contributed by atoms with van der Waals surface area (Å²) in [5.74, 6) is -6.43. The molecule has 0 saturated carbocycles. The van der Waals surface area contributed by atoms with Crippen LogP contribution >= 0.6 is 22.9 Å². The zero-order valence-corrected chi connectivity index (χ0v) is 31.3. The molecule has 0 aliphatic carbocycles. The molecule has 0 atom stereocenters. The van der Waals surface area contributed by atoms with Crippen molar-refractivity contribution in [1.29, 1.82) is 0 Å². The Kier molecular flexibility index (Phi) is 11.1. The highest BCUT2D eigenvalue weighted by Crippen LogP contribution is 2.45. The first-order valence-electron chi connectivity index (χ1n) is 17.5. The van der Waals surface area contributed by atoms with Crippen LogP contribution in [0, 0.1) is 34.5 Å². The molecule has 1 spiro atoms. The summed E-state index contributed by atoms with van der Waals surface area (Å²) in [6, 6.07) is 14.2. The maximum atomic E-state index is 14.6. The first-order chi connectivity index (χ1) is 26.9. The fourth-order valence-electron chi connectivity index (χ4n) is 6.99. The number of pyridine rings is 1. The number of likely N-dealkylation sites (N-methyl/N-ethyl adjacent to an activating group) is 1. The fourth-order valence-corrected chi connectivity index (χ4v) is 8.38. The number of ether oxygens (including phenoxy) is 1. The van der Waals surface area contributed by atoms with E-state index in [9.17, 15) is 36.3 Å². The molecule has 5 heterocycles. The lowest BCUT2D eigenvalue weighted by molar-refractivity contribution is -0.000510. The molecule has 56 heavy (non-hydrogen) atoms. The summed E-state index contributed by atoms with van der Waals surface area (Å²) >= 11 is 6.66. The molecule has 16 heteroatoms. The number of aromatic nitrogens is 1. The first kappa shape index (κ1) is 38.9. The average molecular weight is 810 g/mol. The topological polar surface area (TPSA) is 104 Å². The molecule has 2 N–H and O–H groups in total. The Hall–Kier alpha value is -5.38. The minimum atomic E-state index is -1.60. The van der Waals surface area contributed by atoms with Gasteiger partial charge in [0.05, 0.1) is 32.4 Å². The van der Waals surface area contributed by atoms with Gasteiger partial charge in [-0.2, -0.15) is 0 Å². The van der Waals surface area contributed by atoms with Crippen LogP contribution in [0.3, 0.4) is 0 Å². The van der Waals surface area contributed by atoms with E-state index in [-0.39, 0.29) is 31.9 Å². The number of nitrogens with zero attached hydrogens (tertiary/aromatic N) is 3. The fraction of sp³-hybridized carbons (Fsp3) is 0.250. The largest absolute Gasteiger partial charge is 0.381 e. The molecular formula is C40H33ClF5N5O4S. The Bertz CT molecular complexity index is 2310. The third-order valence-electron chi connectivity index (χ3n) is 10.0. The number of aldehydes is 1. The highest BCUT2D eigenvalue weighted by atomic mass is 35.5. The van der Waals surface area contributed by atoms with E-state index in [4.69, 9.17) is 16.3 Å². The van der Waals surface area contributed by atoms with Crippen molar-refractivity contribution in [2.75, 3.05) is 60.3 Å². The number of fused-ring (bicyclic) bond motifs is 3. The monoisotopic (exact) mass is 809 g/mol. The molecule has 2 saturated heterocycles. The number of hydrogen-bond acceptors (Lipinski definition) is 8. The van der Waals surface area contributed by atoms with E-state index in [1.807, 2.05) is 0 Å². The number of hydrogen-bond donors (Lipinski definition) is 2. The van der Waals surface area contributed by atoms with E-state index >= 15 is 0 Å². The normalized spacial score (nSPS) is 15.4. The lowest BCUT2D eigenvalue weighted by atomic mass is 9.73. The van der Waals surface area contributed by atoms with Crippen LogP contribution in [0.25, 0.3) is 10.4 Å². The van der Waals surface area contributed by atoms with Crippen LogP contribution in [-0.4, -0.2) is 63.0 Å². The van der Waals surface area contributed by atoms with Crippen molar-refractivity contribution in [2.24, 2.45) is 5.41 Å². The number of benzene rings is 3. The van der Waals surface area contributed by atoms with Crippen LogP contribution < -0.4 is 20.4 Å². The lowest BCUT2D eigenvalue weighted by Crippen LogP contribution is -2.59. The molecule has 3 aromatic carbocycles. The molecule has 0 bridgehead atoms. The van der Waals surface area contributed by atoms with Crippen LogP contribution in [0.15, 0.2) is 66.9 Å². The van der Waals surface area contributed by atoms with Gasteiger partial charge in [0.2, 0.25) is 0 Å². The molecule has 3 aliphatic heterocycles. The third kappa shape index (κ3) is 7.84. The van der Waals surface area contributed by atoms with Crippen LogP contribution in [-0.2, 0) is 11.2 Å². The van der Waals surface area contributed by atoms with Crippen molar-refractivity contribution in [3.8, 4) is 10.4 Å². The summed E-state index contributed by atoms with van der Waals surface area (Å²) in [4.78, 5) is 44.7. The summed E-state index contributed by atoms with van der Waals surface area (Å²) in [5.41, 5.74) is 2.29. The molecule has 8 rings (SSSR count). The lowest BCUT2D eigenvalue weighted by Gasteiger charge is -2.53. The molecule has 2 fully saturated rings. The highest BCUT2D eigenvalue weighted by Gasteiger charge is 2.45. The van der Waals surface area contributed by atoms with Crippen LogP contribution in [0.2, 0.25) is 5.02 Å². The van der Waals surface area contributed by atoms with E-state index < -0.39 is 40.7 Å². The number of nitrogens with one attached hydrogen (secondary N) is 2. The molecule has 9 nitrogen and oxygen atoms in total.